The van der Waals surface area contributed by atoms with Gasteiger partial charge in [0, 0.05) is 23.6 Å². The van der Waals surface area contributed by atoms with E-state index in [-0.39, 0.29) is 0 Å². The molecule has 0 spiro atoms. The molecule has 2 aliphatic carbocycles. The molecule has 0 amide bonds. The van der Waals surface area contributed by atoms with Gasteiger partial charge in [-0.2, -0.15) is 11.8 Å². The Hall–Kier alpha value is 0.310. The lowest BCUT2D eigenvalue weighted by Gasteiger charge is -2.19. The Kier molecular flexibility index (Phi) is 4.60. The fourth-order valence-electron chi connectivity index (χ4n) is 2.29. The molecule has 0 aromatic heterocycles. The second kappa shape index (κ2) is 5.77. The Bertz CT molecular complexity index is 197. The van der Waals surface area contributed by atoms with E-state index >= 15 is 0 Å². The van der Waals surface area contributed by atoms with Gasteiger partial charge in [-0.1, -0.05) is 20.8 Å². The second-order valence-corrected chi connectivity index (χ2v) is 7.46. The van der Waals surface area contributed by atoms with Gasteiger partial charge in [-0.25, -0.2) is 0 Å². The summed E-state index contributed by atoms with van der Waals surface area (Å²) in [6.45, 7) is 8.22. The van der Waals surface area contributed by atoms with Crippen molar-refractivity contribution in [2.24, 2.45) is 17.8 Å². The van der Waals surface area contributed by atoms with Crippen LogP contribution in [0.3, 0.4) is 0 Å². The second-order valence-electron chi connectivity index (χ2n) is 5.97. The minimum Gasteiger partial charge on any atom is -0.313 e. The Labute approximate surface area is 105 Å². The fourth-order valence-corrected chi connectivity index (χ4v) is 3.28. The predicted octanol–water partition coefficient (Wildman–Crippen LogP) is 3.54. The summed E-state index contributed by atoms with van der Waals surface area (Å²) < 4.78 is 0. The van der Waals surface area contributed by atoms with Gasteiger partial charge in [0.1, 0.15) is 0 Å². The summed E-state index contributed by atoms with van der Waals surface area (Å²) >= 11 is 2.13. The summed E-state index contributed by atoms with van der Waals surface area (Å²) in [5.74, 6) is 4.18. The van der Waals surface area contributed by atoms with Crippen molar-refractivity contribution in [3.8, 4) is 0 Å². The highest BCUT2D eigenvalue weighted by atomic mass is 32.2. The number of hydrogen-bond acceptors (Lipinski definition) is 2. The summed E-state index contributed by atoms with van der Waals surface area (Å²) in [6, 6.07) is 0.884. The molecule has 0 aromatic rings. The van der Waals surface area contributed by atoms with Crippen LogP contribution in [0.25, 0.3) is 0 Å². The van der Waals surface area contributed by atoms with Crippen molar-refractivity contribution in [2.75, 3.05) is 12.3 Å². The smallest absolute Gasteiger partial charge is 0.0124 e. The van der Waals surface area contributed by atoms with E-state index in [2.05, 4.69) is 37.8 Å². The summed E-state index contributed by atoms with van der Waals surface area (Å²) in [5.41, 5.74) is 0. The quantitative estimate of drug-likeness (QED) is 0.652. The molecule has 1 nitrogen and oxygen atoms in total. The first-order valence-corrected chi connectivity index (χ1v) is 8.08. The van der Waals surface area contributed by atoms with Gasteiger partial charge >= 0.3 is 0 Å². The maximum Gasteiger partial charge on any atom is 0.0124 e. The summed E-state index contributed by atoms with van der Waals surface area (Å²) in [6.07, 6.45) is 5.96. The zero-order chi connectivity index (χ0) is 11.5. The average Bonchev–Trinajstić information content (AvgIpc) is 3.10. The first-order valence-electron chi connectivity index (χ1n) is 7.03. The van der Waals surface area contributed by atoms with E-state index in [0.717, 1.165) is 29.0 Å². The van der Waals surface area contributed by atoms with Crippen LogP contribution in [0.4, 0.5) is 0 Å². The molecule has 0 saturated heterocycles. The molecule has 2 fully saturated rings. The Morgan fingerprint density at radius 1 is 1.06 bits per heavy atom. The van der Waals surface area contributed by atoms with E-state index in [4.69, 9.17) is 0 Å². The number of hydrogen-bond donors (Lipinski definition) is 1. The van der Waals surface area contributed by atoms with Crippen LogP contribution in [0.1, 0.15) is 46.5 Å². The monoisotopic (exact) mass is 241 g/mol. The Morgan fingerprint density at radius 2 is 1.62 bits per heavy atom. The molecule has 0 radical (unpaired) electrons. The van der Waals surface area contributed by atoms with E-state index in [1.54, 1.807) is 0 Å². The van der Waals surface area contributed by atoms with Crippen molar-refractivity contribution in [1.82, 2.24) is 5.32 Å². The van der Waals surface area contributed by atoms with Crippen LogP contribution in [0.2, 0.25) is 0 Å². The maximum atomic E-state index is 3.82. The summed E-state index contributed by atoms with van der Waals surface area (Å²) in [5, 5.41) is 4.62. The molecule has 0 aromatic carbocycles. The molecule has 16 heavy (non-hydrogen) atoms. The highest BCUT2D eigenvalue weighted by molar-refractivity contribution is 7.99. The number of nitrogens with one attached hydrogen (secondary N) is 1. The molecule has 2 rings (SSSR count). The molecule has 2 saturated carbocycles. The highest BCUT2D eigenvalue weighted by Gasteiger charge is 2.40. The maximum absolute atomic E-state index is 3.82. The number of thioether (sulfide) groups is 1. The molecule has 0 heterocycles. The van der Waals surface area contributed by atoms with E-state index in [1.165, 1.54) is 38.0 Å². The SMILES string of the molecule is CC(C)C(C)SCCNC(C1CC1)C1CC1. The molecule has 2 heteroatoms. The van der Waals surface area contributed by atoms with Gasteiger partial charge < -0.3 is 5.32 Å². The Balaban J connectivity index is 1.56. The van der Waals surface area contributed by atoms with Gasteiger partial charge in [0.05, 0.1) is 0 Å². The zero-order valence-corrected chi connectivity index (χ0v) is 11.9. The van der Waals surface area contributed by atoms with Crippen LogP contribution in [0, 0.1) is 17.8 Å². The molecule has 94 valence electrons. The minimum atomic E-state index is 0.808. The standard InChI is InChI=1S/C14H27NS/c1-10(2)11(3)16-9-8-15-14(12-4-5-12)13-6-7-13/h10-15H,4-9H2,1-3H3. The van der Waals surface area contributed by atoms with Crippen LogP contribution >= 0.6 is 11.8 Å². The van der Waals surface area contributed by atoms with Crippen molar-refractivity contribution in [3.05, 3.63) is 0 Å². The Morgan fingerprint density at radius 3 is 2.06 bits per heavy atom. The number of rotatable bonds is 8. The normalized spacial score (nSPS) is 23.1. The molecule has 0 aliphatic heterocycles. The molecule has 0 bridgehead atoms. The minimum absolute atomic E-state index is 0.808. The van der Waals surface area contributed by atoms with Crippen LogP contribution < -0.4 is 5.32 Å². The highest BCUT2D eigenvalue weighted by Crippen LogP contribution is 2.44. The predicted molar refractivity (Wildman–Crippen MR) is 74.0 cm³/mol. The van der Waals surface area contributed by atoms with Gasteiger partial charge in [0.2, 0.25) is 0 Å². The van der Waals surface area contributed by atoms with Gasteiger partial charge in [-0.05, 0) is 43.4 Å². The van der Waals surface area contributed by atoms with Gasteiger partial charge in [-0.3, -0.25) is 0 Å². The van der Waals surface area contributed by atoms with E-state index < -0.39 is 0 Å². The van der Waals surface area contributed by atoms with E-state index in [9.17, 15) is 0 Å². The van der Waals surface area contributed by atoms with E-state index in [0.29, 0.717) is 0 Å². The van der Waals surface area contributed by atoms with E-state index in [1.807, 2.05) is 0 Å². The van der Waals surface area contributed by atoms with Crippen LogP contribution in [0.5, 0.6) is 0 Å². The molecule has 1 unspecified atom stereocenters. The first kappa shape index (κ1) is 12.8. The lowest BCUT2D eigenvalue weighted by Crippen LogP contribution is -2.34. The van der Waals surface area contributed by atoms with Crippen molar-refractivity contribution >= 4 is 11.8 Å². The summed E-state index contributed by atoms with van der Waals surface area (Å²) in [4.78, 5) is 0. The molecular weight excluding hydrogens is 214 g/mol. The molecule has 1 N–H and O–H groups in total. The molecule has 1 atom stereocenters. The first-order chi connectivity index (χ1) is 7.68. The van der Waals surface area contributed by atoms with Crippen molar-refractivity contribution in [3.63, 3.8) is 0 Å². The van der Waals surface area contributed by atoms with Crippen molar-refractivity contribution < 1.29 is 0 Å². The lowest BCUT2D eigenvalue weighted by molar-refractivity contribution is 0.429. The average molecular weight is 241 g/mol. The third-order valence-corrected chi connectivity index (χ3v) is 5.57. The fraction of sp³-hybridized carbons (Fsp3) is 1.00. The third kappa shape index (κ3) is 3.96. The van der Waals surface area contributed by atoms with Crippen molar-refractivity contribution in [2.45, 2.75) is 57.7 Å². The van der Waals surface area contributed by atoms with Gasteiger partial charge in [0.15, 0.2) is 0 Å². The zero-order valence-electron chi connectivity index (χ0n) is 11.0. The summed E-state index contributed by atoms with van der Waals surface area (Å²) in [7, 11) is 0. The van der Waals surface area contributed by atoms with Gasteiger partial charge in [-0.15, -0.1) is 0 Å². The third-order valence-electron chi connectivity index (χ3n) is 4.06. The largest absolute Gasteiger partial charge is 0.313 e. The molecule has 2 aliphatic rings. The van der Waals surface area contributed by atoms with Gasteiger partial charge in [0.25, 0.3) is 0 Å². The van der Waals surface area contributed by atoms with Crippen LogP contribution in [0.15, 0.2) is 0 Å². The lowest BCUT2D eigenvalue weighted by atomic mass is 10.1. The molecular formula is C14H27NS. The topological polar surface area (TPSA) is 12.0 Å². The van der Waals surface area contributed by atoms with Crippen LogP contribution in [-0.4, -0.2) is 23.6 Å². The van der Waals surface area contributed by atoms with Crippen molar-refractivity contribution in [1.29, 1.82) is 0 Å². The van der Waals surface area contributed by atoms with Crippen LogP contribution in [-0.2, 0) is 0 Å².